The Hall–Kier alpha value is -1.86. The molecule has 0 bridgehead atoms. The van der Waals surface area contributed by atoms with Gasteiger partial charge in [-0.15, -0.1) is 0 Å². The van der Waals surface area contributed by atoms with Crippen LogP contribution >= 0.6 is 11.8 Å². The number of aromatic nitrogens is 1. The largest absolute Gasteiger partial charge is 0.335 e. The Morgan fingerprint density at radius 3 is 2.63 bits per heavy atom. The maximum atomic E-state index is 12.2. The molecule has 1 atom stereocenters. The molecule has 1 aliphatic heterocycles. The van der Waals surface area contributed by atoms with E-state index in [-0.39, 0.29) is 13.2 Å². The minimum absolute atomic E-state index is 0. The molecule has 0 saturated carbocycles. The second-order valence-corrected chi connectivity index (χ2v) is 11.0. The van der Waals surface area contributed by atoms with Crippen molar-refractivity contribution in [1.29, 1.82) is 0 Å². The number of nitrogens with zero attached hydrogens (tertiary/aromatic N) is 2. The number of aryl methyl sites for hydroxylation is 1. The summed E-state index contributed by atoms with van der Waals surface area (Å²) in [4.78, 5) is 8.91. The molecule has 1 aromatic carbocycles. The van der Waals surface area contributed by atoms with Crippen molar-refractivity contribution in [1.82, 2.24) is 4.98 Å². The molecule has 1 aromatic heterocycles. The number of amidine groups is 1. The van der Waals surface area contributed by atoms with Gasteiger partial charge < -0.3 is 5.32 Å². The average Bonchev–Trinajstić information content (AvgIpc) is 3.22. The van der Waals surface area contributed by atoms with Crippen molar-refractivity contribution >= 4 is 32.5 Å². The smallest absolute Gasteiger partial charge is 0.161 e. The van der Waals surface area contributed by atoms with Crippen LogP contribution in [0.4, 0.5) is 5.69 Å². The fourth-order valence-electron chi connectivity index (χ4n) is 3.37. The van der Waals surface area contributed by atoms with Crippen molar-refractivity contribution < 1.29 is 9.84 Å². The fourth-order valence-corrected chi connectivity index (χ4v) is 5.73. The molecule has 1 unspecified atom stereocenters. The third kappa shape index (κ3) is 7.43. The number of hydrogen-bond donors (Lipinski definition) is 1. The summed E-state index contributed by atoms with van der Waals surface area (Å²) in [6, 6.07) is 12.1. The zero-order valence-corrected chi connectivity index (χ0v) is 19.2. The van der Waals surface area contributed by atoms with Crippen LogP contribution < -0.4 is 5.32 Å². The average molecular weight is 448 g/mol. The third-order valence-electron chi connectivity index (χ3n) is 5.19. The van der Waals surface area contributed by atoms with Crippen molar-refractivity contribution in [3.8, 4) is 0 Å². The van der Waals surface area contributed by atoms with Crippen LogP contribution in [0, 0.1) is 0 Å². The van der Waals surface area contributed by atoms with Crippen LogP contribution in [0.1, 0.15) is 57.6 Å². The lowest BCUT2D eigenvalue weighted by Crippen LogP contribution is -2.13. The van der Waals surface area contributed by atoms with Gasteiger partial charge in [-0.1, -0.05) is 62.6 Å². The van der Waals surface area contributed by atoms with Gasteiger partial charge in [0, 0.05) is 25.3 Å². The van der Waals surface area contributed by atoms with Gasteiger partial charge in [0.15, 0.2) is 15.0 Å². The van der Waals surface area contributed by atoms with Crippen molar-refractivity contribution in [3.63, 3.8) is 0 Å². The molecule has 0 aliphatic carbocycles. The summed E-state index contributed by atoms with van der Waals surface area (Å²) in [5, 5.41) is 4.26. The molecule has 0 saturated heterocycles. The summed E-state index contributed by atoms with van der Waals surface area (Å²) in [6.45, 7) is 2.16. The predicted octanol–water partition coefficient (Wildman–Crippen LogP) is 5.51. The van der Waals surface area contributed by atoms with Crippen LogP contribution in [0.15, 0.2) is 53.8 Å². The van der Waals surface area contributed by atoms with Gasteiger partial charge in [0.25, 0.3) is 0 Å². The molecule has 30 heavy (non-hydrogen) atoms. The number of sulfone groups is 1. The van der Waals surface area contributed by atoms with E-state index in [1.165, 1.54) is 12.8 Å². The molecule has 0 amide bonds. The number of nitrogens with one attached hydrogen (secondary N) is 1. The Labute approximate surface area is 186 Å². The Kier molecular flexibility index (Phi) is 8.75. The molecular formula is C23H33N3O2S2. The van der Waals surface area contributed by atoms with Gasteiger partial charge in [0.05, 0.1) is 17.5 Å². The monoisotopic (exact) mass is 447 g/mol. The normalized spacial score (nSPS) is 16.4. The number of thioether (sulfide) groups is 1. The molecule has 2 heterocycles. The maximum absolute atomic E-state index is 12.2. The number of anilines is 1. The number of unbranched alkanes of at least 4 members (excludes halogenated alkanes) is 4. The zero-order chi connectivity index (χ0) is 21.2. The molecule has 1 aliphatic rings. The Morgan fingerprint density at radius 1 is 1.10 bits per heavy atom. The Morgan fingerprint density at radius 2 is 1.90 bits per heavy atom. The van der Waals surface area contributed by atoms with Gasteiger partial charge in [0.1, 0.15) is 0 Å². The van der Waals surface area contributed by atoms with Gasteiger partial charge in [-0.3, -0.25) is 9.98 Å². The summed E-state index contributed by atoms with van der Waals surface area (Å²) in [6.07, 6.45) is 9.50. The van der Waals surface area contributed by atoms with E-state index in [0.29, 0.717) is 12.2 Å². The summed E-state index contributed by atoms with van der Waals surface area (Å²) < 4.78 is 24.5. The first-order chi connectivity index (χ1) is 14.6. The molecule has 5 nitrogen and oxygen atoms in total. The Bertz CT molecular complexity index is 920. The molecule has 1 N–H and O–H groups in total. The van der Waals surface area contributed by atoms with Crippen LogP contribution in [0.3, 0.4) is 0 Å². The molecule has 164 valence electrons. The Balaban J connectivity index is 0.00000341. The van der Waals surface area contributed by atoms with Crippen LogP contribution in [-0.2, 0) is 16.3 Å². The van der Waals surface area contributed by atoms with Crippen LogP contribution in [0.25, 0.3) is 0 Å². The number of hydrogen-bond acceptors (Lipinski definition) is 6. The highest BCUT2D eigenvalue weighted by molar-refractivity contribution is 8.14. The molecule has 0 spiro atoms. The highest BCUT2D eigenvalue weighted by Crippen LogP contribution is 2.30. The predicted molar refractivity (Wildman–Crippen MR) is 130 cm³/mol. The lowest BCUT2D eigenvalue weighted by Gasteiger charge is -2.08. The minimum atomic E-state index is -2.97. The second-order valence-electron chi connectivity index (χ2n) is 7.69. The molecule has 0 fully saturated rings. The SMILES string of the molecule is CCCCCCCS(=O)(=O)CCc1ccc(NC2=NC(c3cccnc3)CS2)cc1.[HH]. The van der Waals surface area contributed by atoms with E-state index in [1.807, 2.05) is 36.5 Å². The van der Waals surface area contributed by atoms with Gasteiger partial charge in [0.2, 0.25) is 0 Å². The molecular weight excluding hydrogens is 414 g/mol. The van der Waals surface area contributed by atoms with Gasteiger partial charge in [-0.2, -0.15) is 0 Å². The number of benzene rings is 1. The first-order valence-corrected chi connectivity index (χ1v) is 13.5. The van der Waals surface area contributed by atoms with Crippen molar-refractivity contribution in [2.45, 2.75) is 51.5 Å². The van der Waals surface area contributed by atoms with Crippen LogP contribution in [0.5, 0.6) is 0 Å². The maximum Gasteiger partial charge on any atom is 0.161 e. The van der Waals surface area contributed by atoms with Gasteiger partial charge >= 0.3 is 0 Å². The lowest BCUT2D eigenvalue weighted by atomic mass is 10.1. The van der Waals surface area contributed by atoms with Gasteiger partial charge in [-0.25, -0.2) is 8.42 Å². The minimum Gasteiger partial charge on any atom is -0.335 e. The number of pyridine rings is 1. The lowest BCUT2D eigenvalue weighted by molar-refractivity contribution is 0.586. The summed E-state index contributed by atoms with van der Waals surface area (Å²) in [7, 11) is -2.97. The van der Waals surface area contributed by atoms with Crippen molar-refractivity contribution in [3.05, 3.63) is 59.9 Å². The summed E-state index contributed by atoms with van der Waals surface area (Å²) >= 11 is 1.70. The van der Waals surface area contributed by atoms with E-state index in [9.17, 15) is 8.42 Å². The topological polar surface area (TPSA) is 71.4 Å². The highest BCUT2D eigenvalue weighted by Gasteiger charge is 2.20. The van der Waals surface area contributed by atoms with Crippen LogP contribution in [-0.4, -0.2) is 35.8 Å². The van der Waals surface area contributed by atoms with Crippen LogP contribution in [0.2, 0.25) is 0 Å². The van der Waals surface area contributed by atoms with Crippen molar-refractivity contribution in [2.75, 3.05) is 22.6 Å². The van der Waals surface area contributed by atoms with E-state index in [0.717, 1.165) is 47.0 Å². The van der Waals surface area contributed by atoms with E-state index in [4.69, 9.17) is 4.99 Å². The first kappa shape index (κ1) is 22.8. The van der Waals surface area contributed by atoms with E-state index in [2.05, 4.69) is 23.3 Å². The summed E-state index contributed by atoms with van der Waals surface area (Å²) in [5.41, 5.74) is 3.14. The highest BCUT2D eigenvalue weighted by atomic mass is 32.2. The van der Waals surface area contributed by atoms with Crippen molar-refractivity contribution in [2.24, 2.45) is 4.99 Å². The third-order valence-corrected chi connectivity index (χ3v) is 7.89. The quantitative estimate of drug-likeness (QED) is 0.460. The molecule has 2 aromatic rings. The van der Waals surface area contributed by atoms with E-state index < -0.39 is 9.84 Å². The molecule has 0 radical (unpaired) electrons. The molecule has 7 heteroatoms. The summed E-state index contributed by atoms with van der Waals surface area (Å²) in [5.74, 6) is 1.44. The fraction of sp³-hybridized carbons (Fsp3) is 0.478. The van der Waals surface area contributed by atoms with Gasteiger partial charge in [-0.05, 0) is 42.2 Å². The first-order valence-electron chi connectivity index (χ1n) is 10.7. The molecule has 3 rings (SSSR count). The van der Waals surface area contributed by atoms with E-state index in [1.54, 1.807) is 18.0 Å². The van der Waals surface area contributed by atoms with E-state index >= 15 is 0 Å². The zero-order valence-electron chi connectivity index (χ0n) is 17.6. The number of aliphatic imine (C=N–C) groups is 1. The second kappa shape index (κ2) is 11.5. The number of rotatable bonds is 11. The standard InChI is InChI=1S/C23H31N3O2S2.H2/c1-2-3-4-5-6-15-30(27,28)16-13-19-9-11-21(12-10-19)25-23-26-22(18-29-23)20-8-7-14-24-17-20;/h7-12,14,17,22H,2-6,13,15-16,18H2,1H3,(H,25,26);1H.